The molecule has 1 saturated carbocycles. The maximum Gasteiger partial charge on any atom is 0.333 e. The first-order valence-corrected chi connectivity index (χ1v) is 11.9. The SMILES string of the molecule is C=C(CC)C(=O)OCCCc1cc(-c2ccc(C3CCCCC3)cc2F)ccc1CCO. The third kappa shape index (κ3) is 6.29. The zero-order valence-electron chi connectivity index (χ0n) is 19.2. The van der Waals surface area contributed by atoms with E-state index in [9.17, 15) is 9.90 Å². The van der Waals surface area contributed by atoms with Crippen LogP contribution in [0.3, 0.4) is 0 Å². The molecule has 0 aromatic heterocycles. The molecule has 0 unspecified atom stereocenters. The number of aliphatic hydroxyl groups is 1. The molecule has 0 spiro atoms. The molecule has 0 amide bonds. The van der Waals surface area contributed by atoms with Crippen LogP contribution in [0.15, 0.2) is 48.6 Å². The molecule has 1 N–H and O–H groups in total. The van der Waals surface area contributed by atoms with Crippen LogP contribution in [0.4, 0.5) is 4.39 Å². The lowest BCUT2D eigenvalue weighted by Gasteiger charge is -2.22. The van der Waals surface area contributed by atoms with Gasteiger partial charge in [-0.3, -0.25) is 0 Å². The Labute approximate surface area is 191 Å². The first-order chi connectivity index (χ1) is 15.5. The minimum absolute atomic E-state index is 0.0576. The molecule has 32 heavy (non-hydrogen) atoms. The summed E-state index contributed by atoms with van der Waals surface area (Å²) in [7, 11) is 0. The fourth-order valence-corrected chi connectivity index (χ4v) is 4.52. The highest BCUT2D eigenvalue weighted by Gasteiger charge is 2.18. The number of carbonyl (C=O) groups is 1. The molecule has 1 fully saturated rings. The van der Waals surface area contributed by atoms with Gasteiger partial charge in [-0.25, -0.2) is 9.18 Å². The van der Waals surface area contributed by atoms with Gasteiger partial charge in [0.1, 0.15) is 5.82 Å². The number of aliphatic hydroxyl groups excluding tert-OH is 1. The predicted octanol–water partition coefficient (Wildman–Crippen LogP) is 6.52. The highest BCUT2D eigenvalue weighted by Crippen LogP contribution is 2.35. The van der Waals surface area contributed by atoms with Crippen molar-refractivity contribution in [1.82, 2.24) is 0 Å². The monoisotopic (exact) mass is 438 g/mol. The van der Waals surface area contributed by atoms with E-state index in [0.29, 0.717) is 49.3 Å². The molecule has 0 aliphatic heterocycles. The summed E-state index contributed by atoms with van der Waals surface area (Å²) in [6.07, 6.45) is 8.51. The van der Waals surface area contributed by atoms with Gasteiger partial charge in [0, 0.05) is 17.7 Å². The smallest absolute Gasteiger partial charge is 0.333 e. The average Bonchev–Trinajstić information content (AvgIpc) is 2.82. The van der Waals surface area contributed by atoms with Crippen LogP contribution >= 0.6 is 0 Å². The van der Waals surface area contributed by atoms with Crippen LogP contribution in [-0.4, -0.2) is 24.3 Å². The molecular weight excluding hydrogens is 403 g/mol. The van der Waals surface area contributed by atoms with Crippen LogP contribution in [0.2, 0.25) is 0 Å². The van der Waals surface area contributed by atoms with Crippen molar-refractivity contribution in [3.05, 3.63) is 71.1 Å². The molecule has 0 saturated heterocycles. The fourth-order valence-electron chi connectivity index (χ4n) is 4.52. The standard InChI is InChI=1S/C28H35FO3/c1-3-20(2)28(31)32-17-7-10-23-18-25(12-11-22(23)15-16-30)26-14-13-24(19-27(26)29)21-8-5-4-6-9-21/h11-14,18-19,21,30H,2-10,15-17H2,1H3. The Kier molecular flexibility index (Phi) is 9.04. The van der Waals surface area contributed by atoms with Gasteiger partial charge in [-0.05, 0) is 72.8 Å². The van der Waals surface area contributed by atoms with E-state index in [1.54, 1.807) is 6.07 Å². The fraction of sp³-hybridized carbons (Fsp3) is 0.464. The number of hydrogen-bond acceptors (Lipinski definition) is 3. The first-order valence-electron chi connectivity index (χ1n) is 11.9. The minimum atomic E-state index is -0.350. The van der Waals surface area contributed by atoms with Gasteiger partial charge < -0.3 is 9.84 Å². The van der Waals surface area contributed by atoms with Crippen LogP contribution in [-0.2, 0) is 22.4 Å². The largest absolute Gasteiger partial charge is 0.462 e. The Morgan fingerprint density at radius 2 is 1.88 bits per heavy atom. The summed E-state index contributed by atoms with van der Waals surface area (Å²) >= 11 is 0. The maximum absolute atomic E-state index is 15.1. The Hall–Kier alpha value is -2.46. The zero-order chi connectivity index (χ0) is 22.9. The van der Waals surface area contributed by atoms with Crippen molar-refractivity contribution in [3.8, 4) is 11.1 Å². The number of halogens is 1. The lowest BCUT2D eigenvalue weighted by atomic mass is 9.83. The van der Waals surface area contributed by atoms with Crippen molar-refractivity contribution >= 4 is 5.97 Å². The summed E-state index contributed by atoms with van der Waals surface area (Å²) < 4.78 is 20.3. The average molecular weight is 439 g/mol. The Morgan fingerprint density at radius 1 is 1.09 bits per heavy atom. The number of hydrogen-bond donors (Lipinski definition) is 1. The van der Waals surface area contributed by atoms with Gasteiger partial charge in [-0.15, -0.1) is 0 Å². The van der Waals surface area contributed by atoms with Gasteiger partial charge in [0.25, 0.3) is 0 Å². The summed E-state index contributed by atoms with van der Waals surface area (Å²) in [5.74, 6) is -0.0563. The van der Waals surface area contributed by atoms with Gasteiger partial charge >= 0.3 is 5.97 Å². The molecule has 3 nitrogen and oxygen atoms in total. The van der Waals surface area contributed by atoms with E-state index in [-0.39, 0.29) is 18.4 Å². The lowest BCUT2D eigenvalue weighted by molar-refractivity contribution is -0.139. The van der Waals surface area contributed by atoms with Gasteiger partial charge in [0.05, 0.1) is 6.61 Å². The van der Waals surface area contributed by atoms with Gasteiger partial charge in [-0.1, -0.05) is 63.1 Å². The van der Waals surface area contributed by atoms with Crippen molar-refractivity contribution in [2.24, 2.45) is 0 Å². The minimum Gasteiger partial charge on any atom is -0.462 e. The maximum atomic E-state index is 15.1. The van der Waals surface area contributed by atoms with Crippen molar-refractivity contribution in [3.63, 3.8) is 0 Å². The Bertz CT molecular complexity index is 928. The van der Waals surface area contributed by atoms with Gasteiger partial charge in [0.15, 0.2) is 0 Å². The predicted molar refractivity (Wildman–Crippen MR) is 127 cm³/mol. The Balaban J connectivity index is 1.73. The van der Waals surface area contributed by atoms with Gasteiger partial charge in [0.2, 0.25) is 0 Å². The van der Waals surface area contributed by atoms with E-state index in [1.807, 2.05) is 31.2 Å². The number of rotatable bonds is 10. The molecule has 4 heteroatoms. The molecule has 1 aliphatic carbocycles. The second-order valence-corrected chi connectivity index (χ2v) is 8.73. The molecule has 1 aliphatic rings. The van der Waals surface area contributed by atoms with E-state index in [2.05, 4.69) is 12.6 Å². The molecule has 3 rings (SSSR count). The quantitative estimate of drug-likeness (QED) is 0.261. The third-order valence-electron chi connectivity index (χ3n) is 6.51. The van der Waals surface area contributed by atoms with Crippen molar-refractivity contribution in [2.75, 3.05) is 13.2 Å². The molecule has 2 aromatic carbocycles. The molecule has 172 valence electrons. The normalized spacial score (nSPS) is 14.3. The number of esters is 1. The van der Waals surface area contributed by atoms with Crippen LogP contribution in [0, 0.1) is 5.82 Å². The van der Waals surface area contributed by atoms with Crippen LogP contribution in [0.25, 0.3) is 11.1 Å². The number of benzene rings is 2. The zero-order valence-corrected chi connectivity index (χ0v) is 19.2. The molecule has 0 bridgehead atoms. The summed E-state index contributed by atoms with van der Waals surface area (Å²) in [4.78, 5) is 11.8. The van der Waals surface area contributed by atoms with E-state index in [0.717, 1.165) is 35.1 Å². The van der Waals surface area contributed by atoms with E-state index in [4.69, 9.17) is 4.74 Å². The van der Waals surface area contributed by atoms with Crippen LogP contribution in [0.5, 0.6) is 0 Å². The molecular formula is C28H35FO3. The van der Waals surface area contributed by atoms with E-state index >= 15 is 4.39 Å². The molecule has 0 radical (unpaired) electrons. The first kappa shape index (κ1) is 24.2. The van der Waals surface area contributed by atoms with Crippen molar-refractivity contribution < 1.29 is 19.0 Å². The third-order valence-corrected chi connectivity index (χ3v) is 6.51. The Morgan fingerprint density at radius 3 is 2.56 bits per heavy atom. The topological polar surface area (TPSA) is 46.5 Å². The summed E-state index contributed by atoms with van der Waals surface area (Å²) in [6, 6.07) is 11.6. The van der Waals surface area contributed by atoms with E-state index < -0.39 is 0 Å². The van der Waals surface area contributed by atoms with Crippen molar-refractivity contribution in [1.29, 1.82) is 0 Å². The second kappa shape index (κ2) is 12.0. The second-order valence-electron chi connectivity index (χ2n) is 8.73. The molecule has 0 atom stereocenters. The van der Waals surface area contributed by atoms with Gasteiger partial charge in [-0.2, -0.15) is 0 Å². The summed E-state index contributed by atoms with van der Waals surface area (Å²) in [6.45, 7) is 5.94. The lowest BCUT2D eigenvalue weighted by Crippen LogP contribution is -2.09. The number of ether oxygens (including phenoxy) is 1. The highest BCUT2D eigenvalue weighted by atomic mass is 19.1. The van der Waals surface area contributed by atoms with Crippen molar-refractivity contribution in [2.45, 2.75) is 70.6 Å². The van der Waals surface area contributed by atoms with E-state index in [1.165, 1.54) is 19.3 Å². The molecule has 0 heterocycles. The van der Waals surface area contributed by atoms with Crippen LogP contribution < -0.4 is 0 Å². The number of carbonyl (C=O) groups excluding carboxylic acids is 1. The summed E-state index contributed by atoms with van der Waals surface area (Å²) in [5, 5.41) is 9.42. The molecule has 2 aromatic rings. The highest BCUT2D eigenvalue weighted by molar-refractivity contribution is 5.87. The van der Waals surface area contributed by atoms with Crippen LogP contribution in [0.1, 0.15) is 74.5 Å². The number of aryl methyl sites for hydroxylation is 1. The summed E-state index contributed by atoms with van der Waals surface area (Å²) in [5.41, 5.74) is 5.12.